The van der Waals surface area contributed by atoms with E-state index in [-0.39, 0.29) is 18.0 Å². The first-order valence-electron chi connectivity index (χ1n) is 8.09. The second-order valence-electron chi connectivity index (χ2n) is 5.75. The van der Waals surface area contributed by atoms with Gasteiger partial charge in [0.05, 0.1) is 6.61 Å². The molecule has 0 bridgehead atoms. The van der Waals surface area contributed by atoms with Gasteiger partial charge in [-0.05, 0) is 51.0 Å². The number of benzene rings is 1. The van der Waals surface area contributed by atoms with Crippen LogP contribution in [0.2, 0.25) is 0 Å². The Labute approximate surface area is 147 Å². The predicted molar refractivity (Wildman–Crippen MR) is 96.0 cm³/mol. The number of carbonyl (C=O) groups is 2. The van der Waals surface area contributed by atoms with Crippen LogP contribution in [0.25, 0.3) is 0 Å². The molecule has 0 spiro atoms. The predicted octanol–water partition coefficient (Wildman–Crippen LogP) is 2.22. The van der Waals surface area contributed by atoms with Gasteiger partial charge in [0.15, 0.2) is 5.11 Å². The van der Waals surface area contributed by atoms with Crippen molar-refractivity contribution in [3.05, 3.63) is 35.4 Å². The first kappa shape index (κ1) is 18.2. The molecule has 2 rings (SSSR count). The molecule has 1 saturated heterocycles. The summed E-state index contributed by atoms with van der Waals surface area (Å²) in [7, 11) is 0. The molecule has 6 nitrogen and oxygen atoms in total. The summed E-state index contributed by atoms with van der Waals surface area (Å²) in [6.45, 7) is 5.38. The van der Waals surface area contributed by atoms with Crippen LogP contribution < -0.4 is 10.6 Å². The first-order chi connectivity index (χ1) is 11.5. The quantitative estimate of drug-likeness (QED) is 0.819. The van der Waals surface area contributed by atoms with Gasteiger partial charge in [-0.25, -0.2) is 4.79 Å². The zero-order valence-corrected chi connectivity index (χ0v) is 14.8. The number of nitrogens with zero attached hydrogens (tertiary/aromatic N) is 1. The molecule has 0 aliphatic carbocycles. The Morgan fingerprint density at radius 1 is 1.25 bits per heavy atom. The van der Waals surface area contributed by atoms with E-state index in [9.17, 15) is 9.59 Å². The monoisotopic (exact) mass is 349 g/mol. The van der Waals surface area contributed by atoms with Crippen LogP contribution in [0.5, 0.6) is 0 Å². The minimum absolute atomic E-state index is 0.140. The number of hydrogen-bond donors (Lipinski definition) is 2. The van der Waals surface area contributed by atoms with Crippen LogP contribution in [0.4, 0.5) is 4.79 Å². The van der Waals surface area contributed by atoms with Gasteiger partial charge in [0.1, 0.15) is 0 Å². The molecule has 2 N–H and O–H groups in total. The number of carbonyl (C=O) groups excluding carboxylic acids is 2. The topological polar surface area (TPSA) is 70.7 Å². The average Bonchev–Trinajstić information content (AvgIpc) is 2.56. The lowest BCUT2D eigenvalue weighted by molar-refractivity contribution is 0.0962. The van der Waals surface area contributed by atoms with Crippen LogP contribution in [-0.2, 0) is 4.74 Å². The molecule has 0 unspecified atom stereocenters. The lowest BCUT2D eigenvalue weighted by Gasteiger charge is -2.32. The molecule has 1 fully saturated rings. The van der Waals surface area contributed by atoms with E-state index in [1.54, 1.807) is 24.0 Å². The molecule has 1 heterocycles. The lowest BCUT2D eigenvalue weighted by atomic mass is 10.1. The highest BCUT2D eigenvalue weighted by Gasteiger charge is 2.24. The molecule has 24 heavy (non-hydrogen) atoms. The van der Waals surface area contributed by atoms with E-state index in [4.69, 9.17) is 17.0 Å². The van der Waals surface area contributed by atoms with Gasteiger partial charge in [0.2, 0.25) is 0 Å². The highest BCUT2D eigenvalue weighted by Crippen LogP contribution is 2.11. The standard InChI is InChI=1S/C17H23N3O3S/c1-3-23-17(22)20-10-8-14(9-11-20)18-16(24)19-15(21)13-6-4-12(2)5-7-13/h4-7,14H,3,8-11H2,1-2H3,(H2,18,19,21,24). The summed E-state index contributed by atoms with van der Waals surface area (Å²) in [6.07, 6.45) is 1.25. The molecule has 0 atom stereocenters. The number of likely N-dealkylation sites (tertiary alicyclic amines) is 1. The van der Waals surface area contributed by atoms with Crippen molar-refractivity contribution in [1.29, 1.82) is 0 Å². The van der Waals surface area contributed by atoms with Crippen molar-refractivity contribution in [3.63, 3.8) is 0 Å². The Kier molecular flexibility index (Phi) is 6.54. The van der Waals surface area contributed by atoms with Crippen LogP contribution in [0, 0.1) is 6.92 Å². The van der Waals surface area contributed by atoms with Crippen molar-refractivity contribution in [2.45, 2.75) is 32.7 Å². The van der Waals surface area contributed by atoms with Gasteiger partial charge in [-0.3, -0.25) is 10.1 Å². The van der Waals surface area contributed by atoms with Crippen LogP contribution in [-0.4, -0.2) is 47.8 Å². The number of ether oxygens (including phenoxy) is 1. The fourth-order valence-corrected chi connectivity index (χ4v) is 2.78. The van der Waals surface area contributed by atoms with Crippen molar-refractivity contribution < 1.29 is 14.3 Å². The van der Waals surface area contributed by atoms with E-state index in [1.807, 2.05) is 19.1 Å². The van der Waals surface area contributed by atoms with Gasteiger partial charge in [0, 0.05) is 24.7 Å². The van der Waals surface area contributed by atoms with Crippen LogP contribution in [0.15, 0.2) is 24.3 Å². The molecule has 0 radical (unpaired) electrons. The normalized spacial score (nSPS) is 14.8. The zero-order chi connectivity index (χ0) is 17.5. The molecule has 1 aromatic rings. The molecule has 1 aliphatic heterocycles. The van der Waals surface area contributed by atoms with E-state index < -0.39 is 0 Å². The van der Waals surface area contributed by atoms with Gasteiger partial charge in [-0.1, -0.05) is 17.7 Å². The van der Waals surface area contributed by atoms with E-state index in [0.29, 0.717) is 30.4 Å². The van der Waals surface area contributed by atoms with Crippen molar-refractivity contribution >= 4 is 29.3 Å². The summed E-state index contributed by atoms with van der Waals surface area (Å²) < 4.78 is 4.99. The SMILES string of the molecule is CCOC(=O)N1CCC(NC(=S)NC(=O)c2ccc(C)cc2)CC1. The number of nitrogens with one attached hydrogen (secondary N) is 2. The number of amides is 2. The molecule has 130 valence electrons. The second-order valence-corrected chi connectivity index (χ2v) is 6.16. The number of piperidine rings is 1. The summed E-state index contributed by atoms with van der Waals surface area (Å²) in [5, 5.41) is 6.15. The van der Waals surface area contributed by atoms with Crippen molar-refractivity contribution in [1.82, 2.24) is 15.5 Å². The Morgan fingerprint density at radius 2 is 1.88 bits per heavy atom. The van der Waals surface area contributed by atoms with Crippen LogP contribution >= 0.6 is 12.2 Å². The van der Waals surface area contributed by atoms with Crippen molar-refractivity contribution in [2.75, 3.05) is 19.7 Å². The summed E-state index contributed by atoms with van der Waals surface area (Å²) in [5.41, 5.74) is 1.67. The molecule has 7 heteroatoms. The molecule has 1 aromatic carbocycles. The summed E-state index contributed by atoms with van der Waals surface area (Å²) in [6, 6.07) is 7.45. The minimum atomic E-state index is -0.272. The average molecular weight is 349 g/mol. The number of thiocarbonyl (C=S) groups is 1. The van der Waals surface area contributed by atoms with E-state index in [0.717, 1.165) is 18.4 Å². The highest BCUT2D eigenvalue weighted by atomic mass is 32.1. The van der Waals surface area contributed by atoms with Crippen LogP contribution in [0.1, 0.15) is 35.7 Å². The van der Waals surface area contributed by atoms with Gasteiger partial charge >= 0.3 is 6.09 Å². The van der Waals surface area contributed by atoms with Gasteiger partial charge < -0.3 is 15.0 Å². The summed E-state index contributed by atoms with van der Waals surface area (Å²) in [5.74, 6) is -0.226. The van der Waals surface area contributed by atoms with Crippen molar-refractivity contribution in [2.24, 2.45) is 0 Å². The Bertz CT molecular complexity index is 596. The number of rotatable bonds is 3. The molecule has 2 amide bonds. The number of hydrogen-bond acceptors (Lipinski definition) is 4. The zero-order valence-electron chi connectivity index (χ0n) is 14.0. The third kappa shape index (κ3) is 5.19. The second kappa shape index (κ2) is 8.63. The minimum Gasteiger partial charge on any atom is -0.450 e. The maximum atomic E-state index is 12.1. The summed E-state index contributed by atoms with van der Waals surface area (Å²) in [4.78, 5) is 25.5. The fraction of sp³-hybridized carbons (Fsp3) is 0.471. The van der Waals surface area contributed by atoms with E-state index in [2.05, 4.69) is 10.6 Å². The van der Waals surface area contributed by atoms with Gasteiger partial charge in [-0.2, -0.15) is 0 Å². The maximum Gasteiger partial charge on any atom is 0.409 e. The Hall–Kier alpha value is -2.15. The third-order valence-electron chi connectivity index (χ3n) is 3.90. The first-order valence-corrected chi connectivity index (χ1v) is 8.50. The smallest absolute Gasteiger partial charge is 0.409 e. The summed E-state index contributed by atoms with van der Waals surface area (Å²) >= 11 is 5.21. The molecular weight excluding hydrogens is 326 g/mol. The molecule has 0 saturated carbocycles. The van der Waals surface area contributed by atoms with Gasteiger partial charge in [0.25, 0.3) is 5.91 Å². The fourth-order valence-electron chi connectivity index (χ4n) is 2.52. The molecule has 1 aliphatic rings. The van der Waals surface area contributed by atoms with E-state index >= 15 is 0 Å². The Morgan fingerprint density at radius 3 is 2.46 bits per heavy atom. The third-order valence-corrected chi connectivity index (χ3v) is 4.12. The number of aryl methyl sites for hydroxylation is 1. The maximum absolute atomic E-state index is 12.1. The largest absolute Gasteiger partial charge is 0.450 e. The molecular formula is C17H23N3O3S. The lowest BCUT2D eigenvalue weighted by Crippen LogP contribution is -2.50. The van der Waals surface area contributed by atoms with Gasteiger partial charge in [-0.15, -0.1) is 0 Å². The van der Waals surface area contributed by atoms with Crippen LogP contribution in [0.3, 0.4) is 0 Å². The van der Waals surface area contributed by atoms with E-state index in [1.165, 1.54) is 0 Å². The molecule has 0 aromatic heterocycles. The van der Waals surface area contributed by atoms with Crippen molar-refractivity contribution in [3.8, 4) is 0 Å². The highest BCUT2D eigenvalue weighted by molar-refractivity contribution is 7.80. The Balaban J connectivity index is 1.76.